The zero-order valence-corrected chi connectivity index (χ0v) is 21.3. The smallest absolute Gasteiger partial charge is 0.295 e. The van der Waals surface area contributed by atoms with Crippen LogP contribution in [0.25, 0.3) is 5.76 Å². The van der Waals surface area contributed by atoms with Gasteiger partial charge < -0.3 is 14.7 Å². The first-order valence-corrected chi connectivity index (χ1v) is 13.1. The van der Waals surface area contributed by atoms with Crippen molar-refractivity contribution >= 4 is 27.5 Å². The van der Waals surface area contributed by atoms with Gasteiger partial charge >= 0.3 is 0 Å². The summed E-state index contributed by atoms with van der Waals surface area (Å²) in [6.45, 7) is 6.84. The van der Waals surface area contributed by atoms with E-state index < -0.39 is 27.8 Å². The van der Waals surface area contributed by atoms with Gasteiger partial charge in [0.05, 0.1) is 16.5 Å². The molecule has 9 heteroatoms. The van der Waals surface area contributed by atoms with Crippen LogP contribution in [0.1, 0.15) is 43.0 Å². The molecule has 1 aliphatic heterocycles. The Bertz CT molecular complexity index is 1200. The van der Waals surface area contributed by atoms with Crippen LogP contribution in [-0.2, 0) is 24.3 Å². The maximum Gasteiger partial charge on any atom is 0.295 e. The summed E-state index contributed by atoms with van der Waals surface area (Å²) in [6, 6.07) is 12.4. The maximum atomic E-state index is 13.1. The van der Waals surface area contributed by atoms with E-state index in [1.807, 2.05) is 31.2 Å². The molecule has 0 spiro atoms. The number of nitrogens with zero attached hydrogens (tertiary/aromatic N) is 2. The average Bonchev–Trinajstić information content (AvgIpc) is 3.10. The van der Waals surface area contributed by atoms with E-state index >= 15 is 0 Å². The Morgan fingerprint density at radius 2 is 1.63 bits per heavy atom. The predicted octanol–water partition coefficient (Wildman–Crippen LogP) is 3.48. The third kappa shape index (κ3) is 5.32. The zero-order valence-electron chi connectivity index (χ0n) is 20.5. The number of ether oxygens (including phenoxy) is 1. The molecule has 1 unspecified atom stereocenters. The van der Waals surface area contributed by atoms with Gasteiger partial charge in [-0.3, -0.25) is 9.59 Å². The van der Waals surface area contributed by atoms with Crippen molar-refractivity contribution in [3.8, 4) is 0 Å². The van der Waals surface area contributed by atoms with Crippen LogP contribution in [-0.4, -0.2) is 67.8 Å². The Balaban J connectivity index is 2.07. The van der Waals surface area contributed by atoms with Crippen LogP contribution < -0.4 is 0 Å². The van der Waals surface area contributed by atoms with E-state index in [-0.39, 0.29) is 28.3 Å². The summed E-state index contributed by atoms with van der Waals surface area (Å²) in [7, 11) is -2.10. The number of amides is 1. The standard InChI is InChI=1S/C26H32N2O6S/c1-5-27(6-2)35(32,33)21-14-12-20(13-15-21)24(29)22-23(19-10-8-18(3)9-11-19)28(16-7-17-34-4)26(31)25(22)30/h8-15,23,29H,5-7,16-17H2,1-4H3/b24-22-. The quantitative estimate of drug-likeness (QED) is 0.232. The van der Waals surface area contributed by atoms with Crippen molar-refractivity contribution in [1.82, 2.24) is 9.21 Å². The molecule has 0 aromatic heterocycles. The lowest BCUT2D eigenvalue weighted by Gasteiger charge is -2.25. The lowest BCUT2D eigenvalue weighted by Crippen LogP contribution is -2.31. The Morgan fingerprint density at radius 3 is 2.17 bits per heavy atom. The summed E-state index contributed by atoms with van der Waals surface area (Å²) in [5.74, 6) is -1.80. The normalized spacial score (nSPS) is 18.0. The van der Waals surface area contributed by atoms with Crippen molar-refractivity contribution in [2.45, 2.75) is 38.1 Å². The number of aliphatic hydroxyl groups excluding tert-OH is 1. The number of methoxy groups -OCH3 is 1. The van der Waals surface area contributed by atoms with Crippen molar-refractivity contribution in [2.24, 2.45) is 0 Å². The molecule has 1 saturated heterocycles. The molecule has 188 valence electrons. The third-order valence-electron chi connectivity index (χ3n) is 6.15. The number of aliphatic hydroxyl groups is 1. The van der Waals surface area contributed by atoms with E-state index in [2.05, 4.69) is 0 Å². The van der Waals surface area contributed by atoms with E-state index in [1.165, 1.54) is 33.5 Å². The van der Waals surface area contributed by atoms with Gasteiger partial charge in [0.2, 0.25) is 10.0 Å². The lowest BCUT2D eigenvalue weighted by molar-refractivity contribution is -0.140. The van der Waals surface area contributed by atoms with Crippen LogP contribution >= 0.6 is 0 Å². The van der Waals surface area contributed by atoms with E-state index in [0.29, 0.717) is 31.7 Å². The Morgan fingerprint density at radius 1 is 1.03 bits per heavy atom. The second-order valence-corrected chi connectivity index (χ2v) is 10.3. The predicted molar refractivity (Wildman–Crippen MR) is 133 cm³/mol. The SMILES string of the molecule is CCN(CC)S(=O)(=O)c1ccc(/C(O)=C2/C(=O)C(=O)N(CCCOC)C2c2ccc(C)cc2)cc1. The first-order valence-electron chi connectivity index (χ1n) is 11.6. The van der Waals surface area contributed by atoms with Crippen molar-refractivity contribution in [1.29, 1.82) is 0 Å². The summed E-state index contributed by atoms with van der Waals surface area (Å²) in [5.41, 5.74) is 1.97. The second kappa shape index (κ2) is 11.2. The van der Waals surface area contributed by atoms with E-state index in [1.54, 1.807) is 21.0 Å². The number of Topliss-reactive ketones (excluding diaryl/α,β-unsaturated/α-hetero) is 1. The number of aryl methyl sites for hydroxylation is 1. The first kappa shape index (κ1) is 26.6. The van der Waals surface area contributed by atoms with E-state index in [0.717, 1.165) is 5.56 Å². The molecule has 2 aromatic carbocycles. The molecule has 2 aromatic rings. The minimum Gasteiger partial charge on any atom is -0.507 e. The Kier molecular flexibility index (Phi) is 8.47. The summed E-state index contributed by atoms with van der Waals surface area (Å²) in [4.78, 5) is 27.5. The molecule has 8 nitrogen and oxygen atoms in total. The molecule has 1 aliphatic rings. The molecule has 1 atom stereocenters. The number of benzene rings is 2. The highest BCUT2D eigenvalue weighted by Gasteiger charge is 2.45. The fraction of sp³-hybridized carbons (Fsp3) is 0.385. The monoisotopic (exact) mass is 500 g/mol. The van der Waals surface area contributed by atoms with Gasteiger partial charge in [0.1, 0.15) is 5.76 Å². The van der Waals surface area contributed by atoms with Gasteiger partial charge in [-0.15, -0.1) is 0 Å². The van der Waals surface area contributed by atoms with Gasteiger partial charge in [-0.05, 0) is 43.2 Å². The molecular weight excluding hydrogens is 468 g/mol. The minimum atomic E-state index is -3.67. The number of sulfonamides is 1. The van der Waals surface area contributed by atoms with Crippen LogP contribution in [0.4, 0.5) is 0 Å². The number of likely N-dealkylation sites (tertiary alicyclic amines) is 1. The van der Waals surface area contributed by atoms with Gasteiger partial charge in [0.25, 0.3) is 11.7 Å². The van der Waals surface area contributed by atoms with Crippen LogP contribution in [0, 0.1) is 6.92 Å². The molecule has 1 heterocycles. The number of carbonyl (C=O) groups is 2. The van der Waals surface area contributed by atoms with Crippen molar-refractivity contribution in [3.63, 3.8) is 0 Å². The van der Waals surface area contributed by atoms with Gasteiger partial charge in [0.15, 0.2) is 0 Å². The van der Waals surface area contributed by atoms with Crippen molar-refractivity contribution < 1.29 is 27.9 Å². The summed E-state index contributed by atoms with van der Waals surface area (Å²) in [6.07, 6.45) is 0.532. The van der Waals surface area contributed by atoms with Gasteiger partial charge in [-0.25, -0.2) is 8.42 Å². The first-order chi connectivity index (χ1) is 16.7. The van der Waals surface area contributed by atoms with E-state index in [4.69, 9.17) is 4.74 Å². The third-order valence-corrected chi connectivity index (χ3v) is 8.22. The molecule has 0 saturated carbocycles. The van der Waals surface area contributed by atoms with Gasteiger partial charge in [0, 0.05) is 38.9 Å². The van der Waals surface area contributed by atoms with Crippen LogP contribution in [0.3, 0.4) is 0 Å². The molecule has 3 rings (SSSR count). The Labute approximate surface area is 206 Å². The molecular formula is C26H32N2O6S. The fourth-order valence-electron chi connectivity index (χ4n) is 4.24. The minimum absolute atomic E-state index is 0.0179. The molecule has 35 heavy (non-hydrogen) atoms. The number of hydrogen-bond acceptors (Lipinski definition) is 6. The molecule has 1 amide bonds. The molecule has 0 bridgehead atoms. The van der Waals surface area contributed by atoms with Crippen LogP contribution in [0.15, 0.2) is 59.0 Å². The number of rotatable bonds is 10. The summed E-state index contributed by atoms with van der Waals surface area (Å²) < 4.78 is 32.0. The van der Waals surface area contributed by atoms with Crippen molar-refractivity contribution in [3.05, 3.63) is 70.8 Å². The lowest BCUT2D eigenvalue weighted by atomic mass is 9.94. The molecule has 0 aliphatic carbocycles. The van der Waals surface area contributed by atoms with Crippen molar-refractivity contribution in [2.75, 3.05) is 33.4 Å². The maximum absolute atomic E-state index is 13.1. The molecule has 1 fully saturated rings. The van der Waals surface area contributed by atoms with Crippen LogP contribution in [0.2, 0.25) is 0 Å². The molecule has 1 N–H and O–H groups in total. The van der Waals surface area contributed by atoms with Crippen LogP contribution in [0.5, 0.6) is 0 Å². The fourth-order valence-corrected chi connectivity index (χ4v) is 5.70. The zero-order chi connectivity index (χ0) is 25.8. The number of ketones is 1. The number of carbonyl (C=O) groups excluding carboxylic acids is 2. The highest BCUT2D eigenvalue weighted by molar-refractivity contribution is 7.89. The van der Waals surface area contributed by atoms with E-state index in [9.17, 15) is 23.1 Å². The Hall–Kier alpha value is -3.01. The van der Waals surface area contributed by atoms with Gasteiger partial charge in [-0.2, -0.15) is 4.31 Å². The number of hydrogen-bond donors (Lipinski definition) is 1. The highest BCUT2D eigenvalue weighted by atomic mass is 32.2. The summed E-state index contributed by atoms with van der Waals surface area (Å²) >= 11 is 0. The van der Waals surface area contributed by atoms with Gasteiger partial charge in [-0.1, -0.05) is 43.7 Å². The molecule has 0 radical (unpaired) electrons. The summed E-state index contributed by atoms with van der Waals surface area (Å²) in [5, 5.41) is 11.2. The highest BCUT2D eigenvalue weighted by Crippen LogP contribution is 2.39. The largest absolute Gasteiger partial charge is 0.507 e. The topological polar surface area (TPSA) is 104 Å². The average molecular weight is 501 g/mol. The second-order valence-electron chi connectivity index (χ2n) is 8.36.